The number of aliphatic hydroxyl groups is 1. The monoisotopic (exact) mass is 444 g/mol. The number of hydrogen-bond acceptors (Lipinski definition) is 3. The Morgan fingerprint density at radius 2 is 1.87 bits per heavy atom. The Morgan fingerprint density at radius 3 is 2.48 bits per heavy atom. The maximum atomic E-state index is 9.58. The van der Waals surface area contributed by atoms with E-state index in [0.717, 1.165) is 54.5 Å². The molecular weight excluding hydrogens is 420 g/mol. The molecule has 0 atom stereocenters. The molecule has 0 saturated carbocycles. The number of halogens is 2. The number of hydrogen-bond donors (Lipinski definition) is 1. The standard InChI is InChI=1S/C18H26Br2N2O/c1-3-22(4-2)18-14(12-15(19)13-17(18)20)6-5-9-21-10-7-16(23)8-11-21/h5-6,12-13,16,23H,3-4,7-11H2,1-2H3/b6-5+. The topological polar surface area (TPSA) is 26.7 Å². The first-order valence-corrected chi connectivity index (χ1v) is 9.94. The lowest BCUT2D eigenvalue weighted by Gasteiger charge is -2.28. The molecule has 0 spiro atoms. The molecular formula is C18H26Br2N2O. The van der Waals surface area contributed by atoms with Crippen molar-refractivity contribution in [2.24, 2.45) is 0 Å². The summed E-state index contributed by atoms with van der Waals surface area (Å²) in [7, 11) is 0. The van der Waals surface area contributed by atoms with Crippen LogP contribution in [-0.2, 0) is 0 Å². The third-order valence-electron chi connectivity index (χ3n) is 4.36. The number of likely N-dealkylation sites (tertiary alicyclic amines) is 1. The molecule has 1 aromatic rings. The van der Waals surface area contributed by atoms with Gasteiger partial charge in [-0.2, -0.15) is 0 Å². The maximum Gasteiger partial charge on any atom is 0.0584 e. The van der Waals surface area contributed by atoms with Gasteiger partial charge in [0.15, 0.2) is 0 Å². The van der Waals surface area contributed by atoms with Crippen molar-refractivity contribution in [3.63, 3.8) is 0 Å². The molecule has 3 nitrogen and oxygen atoms in total. The summed E-state index contributed by atoms with van der Waals surface area (Å²) in [5, 5.41) is 9.58. The first kappa shape index (κ1) is 19.0. The van der Waals surface area contributed by atoms with Gasteiger partial charge in [-0.05, 0) is 60.3 Å². The molecule has 5 heteroatoms. The summed E-state index contributed by atoms with van der Waals surface area (Å²) in [5.74, 6) is 0. The van der Waals surface area contributed by atoms with E-state index in [2.05, 4.69) is 79.8 Å². The summed E-state index contributed by atoms with van der Waals surface area (Å²) in [6, 6.07) is 4.28. The second-order valence-corrected chi connectivity index (χ2v) is 7.70. The smallest absolute Gasteiger partial charge is 0.0584 e. The Hall–Kier alpha value is -0.360. The normalized spacial score (nSPS) is 17.1. The van der Waals surface area contributed by atoms with E-state index in [1.54, 1.807) is 0 Å². The fraction of sp³-hybridized carbons (Fsp3) is 0.556. The van der Waals surface area contributed by atoms with E-state index in [9.17, 15) is 5.11 Å². The SMILES string of the molecule is CCN(CC)c1c(Br)cc(Br)cc1/C=C/CN1CCC(O)CC1. The van der Waals surface area contributed by atoms with Crippen molar-refractivity contribution in [2.75, 3.05) is 37.6 Å². The fourth-order valence-electron chi connectivity index (χ4n) is 3.02. The van der Waals surface area contributed by atoms with Gasteiger partial charge in [0.2, 0.25) is 0 Å². The van der Waals surface area contributed by atoms with E-state index in [0.29, 0.717) is 0 Å². The molecule has 0 unspecified atom stereocenters. The van der Waals surface area contributed by atoms with E-state index in [1.165, 1.54) is 11.3 Å². The molecule has 0 amide bonds. The molecule has 23 heavy (non-hydrogen) atoms. The second-order valence-electron chi connectivity index (χ2n) is 5.93. The van der Waals surface area contributed by atoms with Crippen LogP contribution in [0.25, 0.3) is 6.08 Å². The molecule has 1 aromatic carbocycles. The molecule has 1 N–H and O–H groups in total. The van der Waals surface area contributed by atoms with Crippen LogP contribution in [0.15, 0.2) is 27.2 Å². The molecule has 2 rings (SSSR count). The Balaban J connectivity index is 2.13. The van der Waals surface area contributed by atoms with Gasteiger partial charge in [0, 0.05) is 41.7 Å². The van der Waals surface area contributed by atoms with Gasteiger partial charge in [0.05, 0.1) is 11.8 Å². The van der Waals surface area contributed by atoms with Gasteiger partial charge in [-0.25, -0.2) is 0 Å². The summed E-state index contributed by atoms with van der Waals surface area (Å²) in [6.45, 7) is 9.25. The number of rotatable bonds is 6. The van der Waals surface area contributed by atoms with Crippen LogP contribution in [0.3, 0.4) is 0 Å². The van der Waals surface area contributed by atoms with Crippen LogP contribution in [0.4, 0.5) is 5.69 Å². The molecule has 0 radical (unpaired) electrons. The number of aliphatic hydroxyl groups excluding tert-OH is 1. The molecule has 1 saturated heterocycles. The molecule has 1 heterocycles. The van der Waals surface area contributed by atoms with Gasteiger partial charge >= 0.3 is 0 Å². The van der Waals surface area contributed by atoms with Crippen LogP contribution in [0, 0.1) is 0 Å². The number of nitrogens with zero attached hydrogens (tertiary/aromatic N) is 2. The molecule has 1 fully saturated rings. The number of benzene rings is 1. The van der Waals surface area contributed by atoms with Gasteiger partial charge in [0.1, 0.15) is 0 Å². The zero-order valence-corrected chi connectivity index (χ0v) is 17.1. The highest BCUT2D eigenvalue weighted by molar-refractivity contribution is 9.11. The van der Waals surface area contributed by atoms with Crippen LogP contribution in [-0.4, -0.2) is 48.8 Å². The van der Waals surface area contributed by atoms with Gasteiger partial charge < -0.3 is 10.0 Å². The average molecular weight is 446 g/mol. The molecule has 0 aromatic heterocycles. The first-order chi connectivity index (χ1) is 11.0. The lowest BCUT2D eigenvalue weighted by Crippen LogP contribution is -2.35. The number of anilines is 1. The van der Waals surface area contributed by atoms with Crippen molar-refractivity contribution in [2.45, 2.75) is 32.8 Å². The van der Waals surface area contributed by atoms with Crippen LogP contribution in [0.2, 0.25) is 0 Å². The summed E-state index contributed by atoms with van der Waals surface area (Å²) in [4.78, 5) is 4.76. The average Bonchev–Trinajstić information content (AvgIpc) is 2.52. The van der Waals surface area contributed by atoms with Crippen molar-refractivity contribution in [1.29, 1.82) is 0 Å². The highest BCUT2D eigenvalue weighted by atomic mass is 79.9. The zero-order valence-electron chi connectivity index (χ0n) is 13.9. The Labute approximate surface area is 156 Å². The largest absolute Gasteiger partial charge is 0.393 e. The lowest BCUT2D eigenvalue weighted by molar-refractivity contribution is 0.0881. The van der Waals surface area contributed by atoms with Gasteiger partial charge in [0.25, 0.3) is 0 Å². The van der Waals surface area contributed by atoms with Crippen LogP contribution in [0.5, 0.6) is 0 Å². The van der Waals surface area contributed by atoms with E-state index in [1.807, 2.05) is 0 Å². The van der Waals surface area contributed by atoms with Crippen molar-refractivity contribution in [1.82, 2.24) is 4.90 Å². The minimum atomic E-state index is -0.106. The predicted molar refractivity (Wildman–Crippen MR) is 106 cm³/mol. The van der Waals surface area contributed by atoms with Crippen molar-refractivity contribution < 1.29 is 5.11 Å². The van der Waals surface area contributed by atoms with Crippen LogP contribution in [0.1, 0.15) is 32.3 Å². The third-order valence-corrected chi connectivity index (χ3v) is 5.42. The maximum absolute atomic E-state index is 9.58. The minimum Gasteiger partial charge on any atom is -0.393 e. The highest BCUT2D eigenvalue weighted by Gasteiger charge is 2.16. The Bertz CT molecular complexity index is 536. The summed E-state index contributed by atoms with van der Waals surface area (Å²) < 4.78 is 2.21. The molecule has 1 aliphatic heterocycles. The number of piperidine rings is 1. The van der Waals surface area contributed by atoms with Gasteiger partial charge in [-0.1, -0.05) is 28.1 Å². The second kappa shape index (κ2) is 9.21. The summed E-state index contributed by atoms with van der Waals surface area (Å²) >= 11 is 7.31. The highest BCUT2D eigenvalue weighted by Crippen LogP contribution is 2.34. The first-order valence-electron chi connectivity index (χ1n) is 8.36. The molecule has 128 valence electrons. The lowest BCUT2D eigenvalue weighted by atomic mass is 10.1. The van der Waals surface area contributed by atoms with E-state index >= 15 is 0 Å². The summed E-state index contributed by atoms with van der Waals surface area (Å²) in [6.07, 6.45) is 6.13. The van der Waals surface area contributed by atoms with Gasteiger partial charge in [-0.3, -0.25) is 4.90 Å². The third kappa shape index (κ3) is 5.31. The quantitative estimate of drug-likeness (QED) is 0.696. The summed E-state index contributed by atoms with van der Waals surface area (Å²) in [5.41, 5.74) is 2.48. The molecule has 0 aliphatic carbocycles. The Kier molecular flexibility index (Phi) is 7.60. The van der Waals surface area contributed by atoms with E-state index < -0.39 is 0 Å². The fourth-order valence-corrected chi connectivity index (χ4v) is 4.53. The van der Waals surface area contributed by atoms with Crippen molar-refractivity contribution >= 4 is 43.6 Å². The zero-order chi connectivity index (χ0) is 16.8. The van der Waals surface area contributed by atoms with Crippen LogP contribution >= 0.6 is 31.9 Å². The van der Waals surface area contributed by atoms with Gasteiger partial charge in [-0.15, -0.1) is 0 Å². The van der Waals surface area contributed by atoms with E-state index in [-0.39, 0.29) is 6.10 Å². The molecule has 1 aliphatic rings. The van der Waals surface area contributed by atoms with Crippen molar-refractivity contribution in [3.8, 4) is 0 Å². The Morgan fingerprint density at radius 1 is 1.22 bits per heavy atom. The van der Waals surface area contributed by atoms with E-state index in [4.69, 9.17) is 0 Å². The molecule has 0 bridgehead atoms. The van der Waals surface area contributed by atoms with Crippen molar-refractivity contribution in [3.05, 3.63) is 32.7 Å². The predicted octanol–water partition coefficient (Wildman–Crippen LogP) is 4.53. The minimum absolute atomic E-state index is 0.106. The van der Waals surface area contributed by atoms with Crippen LogP contribution < -0.4 is 4.90 Å².